The van der Waals surface area contributed by atoms with Crippen molar-refractivity contribution in [3.05, 3.63) is 65.7 Å². The van der Waals surface area contributed by atoms with Crippen molar-refractivity contribution in [2.24, 2.45) is 0 Å². The first-order valence-corrected chi connectivity index (χ1v) is 7.77. The number of quaternary nitrogens is 1. The molecule has 1 heterocycles. The van der Waals surface area contributed by atoms with Crippen LogP contribution in [-0.2, 0) is 0 Å². The smallest absolute Gasteiger partial charge is 0.164 e. The monoisotopic (exact) mass is 311 g/mol. The minimum absolute atomic E-state index is 0.0497. The maximum atomic E-state index is 10.2. The Morgan fingerprint density at radius 1 is 1.13 bits per heavy atom. The fourth-order valence-corrected chi connectivity index (χ4v) is 3.01. The Labute approximate surface area is 136 Å². The predicted molar refractivity (Wildman–Crippen MR) is 91.0 cm³/mol. The normalized spacial score (nSPS) is 19.6. The third kappa shape index (κ3) is 3.32. The van der Waals surface area contributed by atoms with Gasteiger partial charge in [-0.2, -0.15) is 0 Å². The SMILES string of the molecule is COc1cccc(C2=CC(c3ccccc3O)[NH2+]C(C)(C)N2)c1. The first-order valence-electron chi connectivity index (χ1n) is 7.77. The second-order valence-corrected chi connectivity index (χ2v) is 6.41. The van der Waals surface area contributed by atoms with Crippen molar-refractivity contribution in [3.8, 4) is 11.5 Å². The van der Waals surface area contributed by atoms with Crippen LogP contribution in [-0.4, -0.2) is 17.9 Å². The molecule has 0 aliphatic carbocycles. The summed E-state index contributed by atoms with van der Waals surface area (Å²) >= 11 is 0. The molecule has 0 amide bonds. The van der Waals surface area contributed by atoms with E-state index in [9.17, 15) is 5.11 Å². The van der Waals surface area contributed by atoms with Crippen LogP contribution in [0.2, 0.25) is 0 Å². The maximum absolute atomic E-state index is 10.2. The molecular weight excluding hydrogens is 288 g/mol. The van der Waals surface area contributed by atoms with Crippen molar-refractivity contribution in [2.75, 3.05) is 7.11 Å². The molecule has 1 atom stereocenters. The molecule has 0 saturated carbocycles. The number of phenolic OH excluding ortho intramolecular Hbond substituents is 1. The van der Waals surface area contributed by atoms with E-state index in [1.54, 1.807) is 13.2 Å². The van der Waals surface area contributed by atoms with Gasteiger partial charge in [0.05, 0.1) is 12.7 Å². The van der Waals surface area contributed by atoms with Crippen LogP contribution in [0.3, 0.4) is 0 Å². The van der Waals surface area contributed by atoms with Crippen LogP contribution in [0.15, 0.2) is 54.6 Å². The highest BCUT2D eigenvalue weighted by molar-refractivity contribution is 5.67. The average Bonchev–Trinajstić information content (AvgIpc) is 2.54. The molecule has 2 aromatic rings. The Morgan fingerprint density at radius 2 is 1.91 bits per heavy atom. The second kappa shape index (κ2) is 5.97. The van der Waals surface area contributed by atoms with E-state index in [1.807, 2.05) is 36.4 Å². The van der Waals surface area contributed by atoms with Crippen molar-refractivity contribution in [2.45, 2.75) is 25.6 Å². The lowest BCUT2D eigenvalue weighted by atomic mass is 9.96. The van der Waals surface area contributed by atoms with Gasteiger partial charge in [0.15, 0.2) is 5.66 Å². The van der Waals surface area contributed by atoms with E-state index in [0.717, 1.165) is 22.6 Å². The zero-order valence-corrected chi connectivity index (χ0v) is 13.7. The molecule has 0 fully saturated rings. The largest absolute Gasteiger partial charge is 0.507 e. The molecule has 4 nitrogen and oxygen atoms in total. The summed E-state index contributed by atoms with van der Waals surface area (Å²) in [7, 11) is 1.67. The van der Waals surface area contributed by atoms with E-state index >= 15 is 0 Å². The topological polar surface area (TPSA) is 58.1 Å². The van der Waals surface area contributed by atoms with Gasteiger partial charge in [0.1, 0.15) is 17.5 Å². The lowest BCUT2D eigenvalue weighted by molar-refractivity contribution is -0.754. The molecule has 1 unspecified atom stereocenters. The highest BCUT2D eigenvalue weighted by Crippen LogP contribution is 2.28. The van der Waals surface area contributed by atoms with E-state index in [1.165, 1.54) is 0 Å². The van der Waals surface area contributed by atoms with E-state index in [2.05, 4.69) is 36.6 Å². The zero-order valence-electron chi connectivity index (χ0n) is 13.7. The zero-order chi connectivity index (χ0) is 16.4. The third-order valence-electron chi connectivity index (χ3n) is 4.08. The van der Waals surface area contributed by atoms with Crippen LogP contribution in [0.25, 0.3) is 5.70 Å². The van der Waals surface area contributed by atoms with Crippen LogP contribution < -0.4 is 15.4 Å². The van der Waals surface area contributed by atoms with Gasteiger partial charge in [-0.05, 0) is 24.3 Å². The van der Waals surface area contributed by atoms with Gasteiger partial charge in [-0.3, -0.25) is 0 Å². The number of nitrogens with one attached hydrogen (secondary N) is 1. The molecule has 120 valence electrons. The van der Waals surface area contributed by atoms with Crippen LogP contribution >= 0.6 is 0 Å². The predicted octanol–water partition coefficient (Wildman–Crippen LogP) is 2.39. The highest BCUT2D eigenvalue weighted by atomic mass is 16.5. The summed E-state index contributed by atoms with van der Waals surface area (Å²) in [5.41, 5.74) is 2.86. The summed E-state index contributed by atoms with van der Waals surface area (Å²) in [5, 5.41) is 15.9. The molecule has 1 aliphatic rings. The van der Waals surface area contributed by atoms with E-state index < -0.39 is 0 Å². The maximum Gasteiger partial charge on any atom is 0.164 e. The molecule has 0 bridgehead atoms. The number of aromatic hydroxyl groups is 1. The molecule has 4 N–H and O–H groups in total. The van der Waals surface area contributed by atoms with Crippen molar-refractivity contribution < 1.29 is 15.2 Å². The number of para-hydroxylation sites is 1. The second-order valence-electron chi connectivity index (χ2n) is 6.41. The summed E-state index contributed by atoms with van der Waals surface area (Å²) in [5.74, 6) is 1.16. The summed E-state index contributed by atoms with van der Waals surface area (Å²) < 4.78 is 5.33. The number of nitrogens with two attached hydrogens (primary N) is 1. The van der Waals surface area contributed by atoms with E-state index in [-0.39, 0.29) is 11.7 Å². The number of ether oxygens (including phenoxy) is 1. The Hall–Kier alpha value is -2.46. The van der Waals surface area contributed by atoms with Crippen LogP contribution in [0.5, 0.6) is 11.5 Å². The third-order valence-corrected chi connectivity index (χ3v) is 4.08. The summed E-state index contributed by atoms with van der Waals surface area (Å²) in [6.45, 7) is 4.26. The van der Waals surface area contributed by atoms with Crippen LogP contribution in [0.4, 0.5) is 0 Å². The first-order chi connectivity index (χ1) is 11.0. The standard InChI is InChI=1S/C19H22N2O2/c1-19(2)20-16(13-7-6-8-14(11-13)23-3)12-17(21-19)15-9-4-5-10-18(15)22/h4-12,17,20-22H,1-3H3/p+1. The molecule has 2 aromatic carbocycles. The Bertz CT molecular complexity index is 738. The number of hydrogen-bond donors (Lipinski definition) is 3. The fourth-order valence-electron chi connectivity index (χ4n) is 3.01. The molecule has 23 heavy (non-hydrogen) atoms. The number of phenols is 1. The lowest BCUT2D eigenvalue weighted by Gasteiger charge is -2.35. The van der Waals surface area contributed by atoms with Gasteiger partial charge < -0.3 is 20.5 Å². The van der Waals surface area contributed by atoms with Crippen molar-refractivity contribution >= 4 is 5.70 Å². The Balaban J connectivity index is 2.03. The molecule has 0 aromatic heterocycles. The number of hydrogen-bond acceptors (Lipinski definition) is 3. The average molecular weight is 311 g/mol. The minimum atomic E-state index is -0.180. The van der Waals surface area contributed by atoms with Gasteiger partial charge in [0.25, 0.3) is 0 Å². The quantitative estimate of drug-likeness (QED) is 0.816. The van der Waals surface area contributed by atoms with Crippen molar-refractivity contribution in [3.63, 3.8) is 0 Å². The molecular formula is C19H23N2O2+. The van der Waals surface area contributed by atoms with Gasteiger partial charge in [0.2, 0.25) is 0 Å². The summed E-state index contributed by atoms with van der Waals surface area (Å²) in [6, 6.07) is 15.5. The Kier molecular flexibility index (Phi) is 4.01. The summed E-state index contributed by atoms with van der Waals surface area (Å²) in [4.78, 5) is 0. The van der Waals surface area contributed by atoms with Gasteiger partial charge in [-0.25, -0.2) is 0 Å². The van der Waals surface area contributed by atoms with Crippen LogP contribution in [0, 0.1) is 0 Å². The highest BCUT2D eigenvalue weighted by Gasteiger charge is 2.33. The fraction of sp³-hybridized carbons (Fsp3) is 0.263. The lowest BCUT2D eigenvalue weighted by Crippen LogP contribution is -3.00. The Morgan fingerprint density at radius 3 is 2.65 bits per heavy atom. The van der Waals surface area contributed by atoms with Crippen molar-refractivity contribution in [1.29, 1.82) is 0 Å². The van der Waals surface area contributed by atoms with Gasteiger partial charge in [-0.15, -0.1) is 0 Å². The van der Waals surface area contributed by atoms with E-state index in [0.29, 0.717) is 5.75 Å². The summed E-state index contributed by atoms with van der Waals surface area (Å²) in [6.07, 6.45) is 2.15. The molecule has 0 spiro atoms. The van der Waals surface area contributed by atoms with Gasteiger partial charge >= 0.3 is 0 Å². The molecule has 1 aliphatic heterocycles. The molecule has 0 saturated heterocycles. The molecule has 3 rings (SSSR count). The minimum Gasteiger partial charge on any atom is -0.507 e. The first kappa shape index (κ1) is 15.4. The molecule has 4 heteroatoms. The van der Waals surface area contributed by atoms with Crippen LogP contribution in [0.1, 0.15) is 31.0 Å². The number of methoxy groups -OCH3 is 1. The van der Waals surface area contributed by atoms with Gasteiger partial charge in [0, 0.05) is 31.2 Å². The van der Waals surface area contributed by atoms with Gasteiger partial charge in [-0.1, -0.05) is 24.3 Å². The van der Waals surface area contributed by atoms with Crippen molar-refractivity contribution in [1.82, 2.24) is 5.32 Å². The number of rotatable bonds is 3. The van der Waals surface area contributed by atoms with E-state index in [4.69, 9.17) is 4.74 Å². The number of benzene rings is 2. The molecule has 0 radical (unpaired) electrons.